The number of methoxy groups -OCH3 is 1. The molecule has 1 saturated carbocycles. The minimum Gasteiger partial charge on any atom is -0.493 e. The maximum absolute atomic E-state index is 12.1. The van der Waals surface area contributed by atoms with Gasteiger partial charge in [-0.3, -0.25) is 9.78 Å². The highest BCUT2D eigenvalue weighted by molar-refractivity contribution is 6.08. The lowest BCUT2D eigenvalue weighted by atomic mass is 10.1. The SMILES string of the molecule is CCc1cccc(Nc2c(C(N)=O)cnc3cc(OC)c(OCCNC4CC4)cc23)c1. The third-order valence-corrected chi connectivity index (χ3v) is 5.39. The number of nitrogens with two attached hydrogens (primary N) is 1. The predicted molar refractivity (Wildman–Crippen MR) is 122 cm³/mol. The Labute approximate surface area is 181 Å². The average Bonchev–Trinajstić information content (AvgIpc) is 3.61. The van der Waals surface area contributed by atoms with Crippen LogP contribution >= 0.6 is 0 Å². The average molecular weight is 421 g/mol. The second-order valence-electron chi connectivity index (χ2n) is 7.69. The van der Waals surface area contributed by atoms with Gasteiger partial charge in [0.2, 0.25) is 0 Å². The predicted octanol–water partition coefficient (Wildman–Crippen LogP) is 3.78. The Balaban J connectivity index is 1.72. The number of hydrogen-bond acceptors (Lipinski definition) is 6. The van der Waals surface area contributed by atoms with Crippen LogP contribution in [0, 0.1) is 0 Å². The summed E-state index contributed by atoms with van der Waals surface area (Å²) >= 11 is 0. The van der Waals surface area contributed by atoms with Crippen LogP contribution in [0.1, 0.15) is 35.7 Å². The number of amides is 1. The Hall–Kier alpha value is -3.32. The number of hydrogen-bond donors (Lipinski definition) is 3. The van der Waals surface area contributed by atoms with E-state index in [9.17, 15) is 4.79 Å². The van der Waals surface area contributed by atoms with Gasteiger partial charge in [-0.1, -0.05) is 19.1 Å². The van der Waals surface area contributed by atoms with Crippen molar-refractivity contribution in [3.05, 3.63) is 53.7 Å². The third kappa shape index (κ3) is 4.88. The molecule has 3 aromatic rings. The molecule has 2 aromatic carbocycles. The molecule has 1 aliphatic rings. The number of carbonyl (C=O) groups is 1. The molecule has 1 aromatic heterocycles. The van der Waals surface area contributed by atoms with Crippen LogP contribution in [-0.2, 0) is 6.42 Å². The normalized spacial score (nSPS) is 13.2. The molecule has 1 heterocycles. The fraction of sp³-hybridized carbons (Fsp3) is 0.333. The molecule has 0 aliphatic heterocycles. The molecule has 0 atom stereocenters. The third-order valence-electron chi connectivity index (χ3n) is 5.39. The maximum Gasteiger partial charge on any atom is 0.252 e. The zero-order valence-corrected chi connectivity index (χ0v) is 17.9. The van der Waals surface area contributed by atoms with E-state index in [2.05, 4.69) is 34.7 Å². The molecule has 0 radical (unpaired) electrons. The van der Waals surface area contributed by atoms with Gasteiger partial charge in [0.1, 0.15) is 6.61 Å². The highest BCUT2D eigenvalue weighted by Gasteiger charge is 2.20. The monoisotopic (exact) mass is 420 g/mol. The minimum absolute atomic E-state index is 0.320. The quantitative estimate of drug-likeness (QED) is 0.432. The van der Waals surface area contributed by atoms with E-state index in [-0.39, 0.29) is 0 Å². The van der Waals surface area contributed by atoms with Gasteiger partial charge < -0.3 is 25.8 Å². The van der Waals surface area contributed by atoms with Crippen LogP contribution < -0.4 is 25.8 Å². The lowest BCUT2D eigenvalue weighted by Gasteiger charge is -2.17. The zero-order valence-electron chi connectivity index (χ0n) is 17.9. The molecule has 7 heteroatoms. The number of carbonyl (C=O) groups excluding carboxylic acids is 1. The lowest BCUT2D eigenvalue weighted by molar-refractivity contribution is 0.100. The van der Waals surface area contributed by atoms with Crippen molar-refractivity contribution in [3.63, 3.8) is 0 Å². The highest BCUT2D eigenvalue weighted by atomic mass is 16.5. The Kier molecular flexibility index (Phi) is 6.23. The second-order valence-corrected chi connectivity index (χ2v) is 7.69. The number of anilines is 2. The first kappa shape index (κ1) is 20.9. The molecule has 0 unspecified atom stereocenters. The van der Waals surface area contributed by atoms with Crippen LogP contribution in [0.4, 0.5) is 11.4 Å². The minimum atomic E-state index is -0.546. The highest BCUT2D eigenvalue weighted by Crippen LogP contribution is 2.37. The van der Waals surface area contributed by atoms with Gasteiger partial charge in [-0.05, 0) is 43.0 Å². The number of nitrogens with one attached hydrogen (secondary N) is 2. The summed E-state index contributed by atoms with van der Waals surface area (Å²) in [6, 6.07) is 12.4. The largest absolute Gasteiger partial charge is 0.493 e. The lowest BCUT2D eigenvalue weighted by Crippen LogP contribution is -2.22. The molecular weight excluding hydrogens is 392 g/mol. The summed E-state index contributed by atoms with van der Waals surface area (Å²) in [7, 11) is 1.60. The maximum atomic E-state index is 12.1. The van der Waals surface area contributed by atoms with Crippen molar-refractivity contribution in [2.24, 2.45) is 5.73 Å². The van der Waals surface area contributed by atoms with E-state index in [1.807, 2.05) is 24.3 Å². The first-order chi connectivity index (χ1) is 15.1. The number of ether oxygens (including phenoxy) is 2. The van der Waals surface area contributed by atoms with Crippen molar-refractivity contribution in [3.8, 4) is 11.5 Å². The van der Waals surface area contributed by atoms with Gasteiger partial charge >= 0.3 is 0 Å². The fourth-order valence-corrected chi connectivity index (χ4v) is 3.52. The number of nitrogens with zero attached hydrogens (tertiary/aromatic N) is 1. The number of rotatable bonds is 10. The Morgan fingerprint density at radius 3 is 2.77 bits per heavy atom. The van der Waals surface area contributed by atoms with Gasteiger partial charge in [-0.25, -0.2) is 0 Å². The molecular formula is C24H28N4O3. The van der Waals surface area contributed by atoms with Crippen LogP contribution in [-0.4, -0.2) is 37.2 Å². The van der Waals surface area contributed by atoms with Crippen LogP contribution in [0.2, 0.25) is 0 Å². The molecule has 0 spiro atoms. The number of aromatic nitrogens is 1. The summed E-state index contributed by atoms with van der Waals surface area (Å²) in [5.41, 5.74) is 9.33. The summed E-state index contributed by atoms with van der Waals surface area (Å²) in [5, 5.41) is 7.55. The van der Waals surface area contributed by atoms with Crippen molar-refractivity contribution >= 4 is 28.2 Å². The molecule has 7 nitrogen and oxygen atoms in total. The Morgan fingerprint density at radius 2 is 2.06 bits per heavy atom. The number of aryl methyl sites for hydroxylation is 1. The first-order valence-corrected chi connectivity index (χ1v) is 10.6. The Morgan fingerprint density at radius 1 is 1.23 bits per heavy atom. The molecule has 0 bridgehead atoms. The molecule has 0 saturated heterocycles. The van der Waals surface area contributed by atoms with Crippen molar-refractivity contribution in [1.82, 2.24) is 10.3 Å². The van der Waals surface area contributed by atoms with Crippen LogP contribution in [0.15, 0.2) is 42.6 Å². The number of benzene rings is 2. The van der Waals surface area contributed by atoms with E-state index in [4.69, 9.17) is 15.2 Å². The van der Waals surface area contributed by atoms with Gasteiger partial charge in [-0.15, -0.1) is 0 Å². The van der Waals surface area contributed by atoms with E-state index in [1.165, 1.54) is 24.6 Å². The molecule has 4 N–H and O–H groups in total. The summed E-state index contributed by atoms with van der Waals surface area (Å²) in [6.07, 6.45) is 4.87. The zero-order chi connectivity index (χ0) is 21.8. The van der Waals surface area contributed by atoms with E-state index < -0.39 is 5.91 Å². The van der Waals surface area contributed by atoms with Crippen molar-refractivity contribution < 1.29 is 14.3 Å². The second kappa shape index (κ2) is 9.22. The molecule has 1 aliphatic carbocycles. The van der Waals surface area contributed by atoms with Gasteiger partial charge in [0.25, 0.3) is 5.91 Å². The summed E-state index contributed by atoms with van der Waals surface area (Å²) in [6.45, 7) is 3.38. The smallest absolute Gasteiger partial charge is 0.252 e. The van der Waals surface area contributed by atoms with Crippen molar-refractivity contribution in [2.45, 2.75) is 32.2 Å². The van der Waals surface area contributed by atoms with Gasteiger partial charge in [0, 0.05) is 35.9 Å². The van der Waals surface area contributed by atoms with Gasteiger partial charge in [0.15, 0.2) is 11.5 Å². The topological polar surface area (TPSA) is 98.5 Å². The van der Waals surface area contributed by atoms with E-state index in [0.717, 1.165) is 24.0 Å². The first-order valence-electron chi connectivity index (χ1n) is 10.6. The number of pyridine rings is 1. The van der Waals surface area contributed by atoms with Gasteiger partial charge in [-0.2, -0.15) is 0 Å². The summed E-state index contributed by atoms with van der Waals surface area (Å²) < 4.78 is 11.5. The standard InChI is InChI=1S/C24H28N4O3/c1-3-15-5-4-6-17(11-15)28-23-18-12-22(31-10-9-26-16-7-8-16)21(30-2)13-20(18)27-14-19(23)24(25)29/h4-6,11-14,16,26H,3,7-10H2,1-2H3,(H2,25,29)(H,27,28). The van der Waals surface area contributed by atoms with E-state index in [0.29, 0.717) is 40.9 Å². The van der Waals surface area contributed by atoms with Crippen LogP contribution in [0.3, 0.4) is 0 Å². The van der Waals surface area contributed by atoms with E-state index in [1.54, 1.807) is 7.11 Å². The fourth-order valence-electron chi connectivity index (χ4n) is 3.52. The molecule has 162 valence electrons. The van der Waals surface area contributed by atoms with Crippen LogP contribution in [0.5, 0.6) is 11.5 Å². The molecule has 4 rings (SSSR count). The van der Waals surface area contributed by atoms with Crippen molar-refractivity contribution in [2.75, 3.05) is 25.6 Å². The van der Waals surface area contributed by atoms with Gasteiger partial charge in [0.05, 0.1) is 23.9 Å². The van der Waals surface area contributed by atoms with Crippen molar-refractivity contribution in [1.29, 1.82) is 0 Å². The van der Waals surface area contributed by atoms with Crippen LogP contribution in [0.25, 0.3) is 10.9 Å². The molecule has 1 fully saturated rings. The molecule has 1 amide bonds. The molecule has 31 heavy (non-hydrogen) atoms. The summed E-state index contributed by atoms with van der Waals surface area (Å²) in [4.78, 5) is 16.6. The van der Waals surface area contributed by atoms with E-state index >= 15 is 0 Å². The number of primary amides is 1. The Bertz CT molecular complexity index is 1100. The summed E-state index contributed by atoms with van der Waals surface area (Å²) in [5.74, 6) is 0.647. The number of fused-ring (bicyclic) bond motifs is 1.